The Kier molecular flexibility index (Phi) is 6.52. The number of amides is 1. The number of nitrogens with two attached hydrogens (primary N) is 1. The average molecular weight is 293 g/mol. The number of esters is 1. The lowest BCUT2D eigenvalue weighted by Crippen LogP contribution is -2.33. The van der Waals surface area contributed by atoms with Crippen molar-refractivity contribution in [3.63, 3.8) is 0 Å². The van der Waals surface area contributed by atoms with E-state index in [1.165, 1.54) is 7.11 Å². The van der Waals surface area contributed by atoms with Crippen LogP contribution in [0, 0.1) is 0 Å². The van der Waals surface area contributed by atoms with Gasteiger partial charge in [-0.15, -0.1) is 0 Å². The molecule has 6 nitrogen and oxygen atoms in total. The van der Waals surface area contributed by atoms with Gasteiger partial charge in [0.25, 0.3) is 0 Å². The molecule has 0 aliphatic carbocycles. The highest BCUT2D eigenvalue weighted by molar-refractivity contribution is 5.98. The van der Waals surface area contributed by atoms with Crippen LogP contribution in [-0.2, 0) is 9.53 Å². The lowest BCUT2D eigenvalue weighted by molar-refractivity contribution is -0.121. The minimum absolute atomic E-state index is 0.0143. The second-order valence-electron chi connectivity index (χ2n) is 4.81. The molecule has 1 aromatic rings. The van der Waals surface area contributed by atoms with Gasteiger partial charge in [-0.05, 0) is 25.5 Å². The molecule has 0 aromatic heterocycles. The number of methoxy groups -OCH3 is 1. The fraction of sp³-hybridized carbons (Fsp3) is 0.467. The van der Waals surface area contributed by atoms with E-state index >= 15 is 0 Å². The summed E-state index contributed by atoms with van der Waals surface area (Å²) in [5.74, 6) is -0.495. The Morgan fingerprint density at radius 2 is 2.10 bits per heavy atom. The molecule has 21 heavy (non-hydrogen) atoms. The monoisotopic (exact) mass is 293 g/mol. The molecule has 0 aliphatic heterocycles. The first kappa shape index (κ1) is 16.8. The normalized spacial score (nSPS) is 11.6. The molecule has 0 bridgehead atoms. The van der Waals surface area contributed by atoms with E-state index in [0.717, 1.165) is 6.42 Å². The van der Waals surface area contributed by atoms with Crippen molar-refractivity contribution >= 4 is 23.3 Å². The summed E-state index contributed by atoms with van der Waals surface area (Å²) in [4.78, 5) is 23.2. The van der Waals surface area contributed by atoms with Crippen molar-refractivity contribution in [2.45, 2.75) is 32.7 Å². The summed E-state index contributed by atoms with van der Waals surface area (Å²) in [7, 11) is 1.31. The number of rotatable bonds is 7. The molecule has 0 fully saturated rings. The topological polar surface area (TPSA) is 93.5 Å². The molecule has 0 saturated heterocycles. The van der Waals surface area contributed by atoms with Gasteiger partial charge in [-0.2, -0.15) is 0 Å². The van der Waals surface area contributed by atoms with Crippen LogP contribution in [0.3, 0.4) is 0 Å². The summed E-state index contributed by atoms with van der Waals surface area (Å²) in [6.07, 6.45) is 1.24. The number of benzene rings is 1. The minimum atomic E-state index is -0.481. The van der Waals surface area contributed by atoms with Crippen molar-refractivity contribution < 1.29 is 14.3 Å². The lowest BCUT2D eigenvalue weighted by atomic mass is 10.1. The Balaban J connectivity index is 2.56. The number of para-hydroxylation sites is 1. The van der Waals surface area contributed by atoms with Crippen molar-refractivity contribution in [2.75, 3.05) is 24.7 Å². The minimum Gasteiger partial charge on any atom is -0.465 e. The Hall–Kier alpha value is -2.24. The van der Waals surface area contributed by atoms with Crippen LogP contribution in [0.4, 0.5) is 11.4 Å². The van der Waals surface area contributed by atoms with E-state index in [-0.39, 0.29) is 11.9 Å². The van der Waals surface area contributed by atoms with Gasteiger partial charge in [0.15, 0.2) is 0 Å². The number of hydrogen-bond acceptors (Lipinski definition) is 5. The fourth-order valence-corrected chi connectivity index (χ4v) is 1.77. The third-order valence-corrected chi connectivity index (χ3v) is 3.20. The van der Waals surface area contributed by atoms with E-state index in [1.807, 2.05) is 13.8 Å². The summed E-state index contributed by atoms with van der Waals surface area (Å²) < 4.78 is 4.66. The predicted octanol–water partition coefficient (Wildman–Crippen LogP) is 1.77. The standard InChI is InChI=1S/C15H23N3O3/c1-4-10(2)18-13(19)8-9-17-12-7-5-6-11(14(12)16)15(20)21-3/h5-7,10,17H,4,8-9,16H2,1-3H3,(H,18,19). The van der Waals surface area contributed by atoms with Crippen LogP contribution in [-0.4, -0.2) is 31.6 Å². The molecule has 0 spiro atoms. The summed E-state index contributed by atoms with van der Waals surface area (Å²) in [6.45, 7) is 4.42. The van der Waals surface area contributed by atoms with Gasteiger partial charge < -0.3 is 21.1 Å². The van der Waals surface area contributed by atoms with Gasteiger partial charge >= 0.3 is 5.97 Å². The highest BCUT2D eigenvalue weighted by Gasteiger charge is 2.12. The van der Waals surface area contributed by atoms with Gasteiger partial charge in [-0.3, -0.25) is 4.79 Å². The van der Waals surface area contributed by atoms with Gasteiger partial charge in [-0.25, -0.2) is 4.79 Å². The number of anilines is 2. The van der Waals surface area contributed by atoms with Crippen LogP contribution >= 0.6 is 0 Å². The third kappa shape index (κ3) is 4.98. The molecule has 4 N–H and O–H groups in total. The highest BCUT2D eigenvalue weighted by Crippen LogP contribution is 2.23. The Labute approximate surface area is 125 Å². The molecule has 0 saturated carbocycles. The van der Waals surface area contributed by atoms with Crippen LogP contribution < -0.4 is 16.4 Å². The van der Waals surface area contributed by atoms with Crippen LogP contribution in [0.15, 0.2) is 18.2 Å². The molecule has 1 amide bonds. The van der Waals surface area contributed by atoms with Crippen molar-refractivity contribution in [2.24, 2.45) is 0 Å². The smallest absolute Gasteiger partial charge is 0.340 e. The van der Waals surface area contributed by atoms with Gasteiger partial charge in [-0.1, -0.05) is 13.0 Å². The maximum Gasteiger partial charge on any atom is 0.340 e. The molecule has 1 rings (SSSR count). The van der Waals surface area contributed by atoms with Gasteiger partial charge in [0.2, 0.25) is 5.91 Å². The van der Waals surface area contributed by atoms with E-state index in [0.29, 0.717) is 29.9 Å². The third-order valence-electron chi connectivity index (χ3n) is 3.20. The lowest BCUT2D eigenvalue weighted by Gasteiger charge is -2.13. The molecular formula is C15H23N3O3. The van der Waals surface area contributed by atoms with Gasteiger partial charge in [0.1, 0.15) is 0 Å². The first-order chi connectivity index (χ1) is 9.99. The summed E-state index contributed by atoms with van der Waals surface area (Å²) in [5.41, 5.74) is 7.17. The predicted molar refractivity (Wildman–Crippen MR) is 83.2 cm³/mol. The van der Waals surface area contributed by atoms with Crippen molar-refractivity contribution in [1.29, 1.82) is 0 Å². The Morgan fingerprint density at radius 3 is 2.71 bits per heavy atom. The SMILES string of the molecule is CCC(C)NC(=O)CCNc1cccc(C(=O)OC)c1N. The molecule has 6 heteroatoms. The zero-order chi connectivity index (χ0) is 15.8. The molecule has 116 valence electrons. The molecule has 0 heterocycles. The number of nitrogen functional groups attached to an aromatic ring is 1. The van der Waals surface area contributed by atoms with Crippen molar-refractivity contribution in [3.05, 3.63) is 23.8 Å². The van der Waals surface area contributed by atoms with Crippen LogP contribution in [0.25, 0.3) is 0 Å². The highest BCUT2D eigenvalue weighted by atomic mass is 16.5. The second-order valence-corrected chi connectivity index (χ2v) is 4.81. The largest absolute Gasteiger partial charge is 0.465 e. The maximum absolute atomic E-state index is 11.7. The molecular weight excluding hydrogens is 270 g/mol. The molecule has 1 unspecified atom stereocenters. The Bertz CT molecular complexity index is 503. The number of carbonyl (C=O) groups is 2. The molecule has 0 aliphatic rings. The number of ether oxygens (including phenoxy) is 1. The molecule has 1 atom stereocenters. The number of carbonyl (C=O) groups excluding carboxylic acids is 2. The van der Waals surface area contributed by atoms with Gasteiger partial charge in [0.05, 0.1) is 24.0 Å². The molecule has 0 radical (unpaired) electrons. The van der Waals surface area contributed by atoms with Crippen LogP contribution in [0.5, 0.6) is 0 Å². The van der Waals surface area contributed by atoms with E-state index < -0.39 is 5.97 Å². The van der Waals surface area contributed by atoms with Crippen molar-refractivity contribution in [1.82, 2.24) is 5.32 Å². The van der Waals surface area contributed by atoms with E-state index in [2.05, 4.69) is 15.4 Å². The van der Waals surface area contributed by atoms with E-state index in [9.17, 15) is 9.59 Å². The average Bonchev–Trinajstić information content (AvgIpc) is 2.48. The Morgan fingerprint density at radius 1 is 1.38 bits per heavy atom. The fourth-order valence-electron chi connectivity index (χ4n) is 1.77. The summed E-state index contributed by atoms with van der Waals surface area (Å²) in [6, 6.07) is 5.24. The summed E-state index contributed by atoms with van der Waals surface area (Å²) in [5, 5.41) is 5.95. The maximum atomic E-state index is 11.7. The number of hydrogen-bond donors (Lipinski definition) is 3. The summed E-state index contributed by atoms with van der Waals surface area (Å²) >= 11 is 0. The zero-order valence-electron chi connectivity index (χ0n) is 12.7. The van der Waals surface area contributed by atoms with Crippen molar-refractivity contribution in [3.8, 4) is 0 Å². The zero-order valence-corrected chi connectivity index (χ0v) is 12.7. The van der Waals surface area contributed by atoms with Crippen LogP contribution in [0.1, 0.15) is 37.0 Å². The first-order valence-corrected chi connectivity index (χ1v) is 6.99. The second kappa shape index (κ2) is 8.14. The number of nitrogens with one attached hydrogen (secondary N) is 2. The van der Waals surface area contributed by atoms with Crippen LogP contribution in [0.2, 0.25) is 0 Å². The quantitative estimate of drug-likeness (QED) is 0.526. The first-order valence-electron chi connectivity index (χ1n) is 6.99. The molecule has 1 aromatic carbocycles. The van der Waals surface area contributed by atoms with E-state index in [1.54, 1.807) is 18.2 Å². The van der Waals surface area contributed by atoms with E-state index in [4.69, 9.17) is 5.73 Å². The van der Waals surface area contributed by atoms with Gasteiger partial charge in [0, 0.05) is 19.0 Å².